The SMILES string of the molecule is CCC1(CNc2ccc(S(=O)(=O)NC)cc2N)CCCC1. The molecule has 6 heteroatoms. The maximum atomic E-state index is 11.7. The molecular formula is C15H25N3O2S. The molecule has 0 bridgehead atoms. The van der Waals surface area contributed by atoms with Gasteiger partial charge in [0.2, 0.25) is 10.0 Å². The lowest BCUT2D eigenvalue weighted by atomic mass is 9.83. The molecule has 1 aliphatic carbocycles. The van der Waals surface area contributed by atoms with Gasteiger partial charge in [0.1, 0.15) is 0 Å². The Balaban J connectivity index is 2.11. The van der Waals surface area contributed by atoms with Crippen LogP contribution in [0, 0.1) is 5.41 Å². The molecule has 1 saturated carbocycles. The Kier molecular flexibility index (Phi) is 4.78. The second kappa shape index (κ2) is 6.23. The van der Waals surface area contributed by atoms with Gasteiger partial charge in [0, 0.05) is 6.54 Å². The van der Waals surface area contributed by atoms with Crippen molar-refractivity contribution < 1.29 is 8.42 Å². The van der Waals surface area contributed by atoms with Crippen molar-refractivity contribution in [2.75, 3.05) is 24.6 Å². The van der Waals surface area contributed by atoms with Crippen LogP contribution in [-0.2, 0) is 10.0 Å². The first-order chi connectivity index (χ1) is 9.92. The van der Waals surface area contributed by atoms with Crippen molar-refractivity contribution in [1.29, 1.82) is 0 Å². The fourth-order valence-corrected chi connectivity index (χ4v) is 3.81. The normalized spacial score (nSPS) is 17.8. The summed E-state index contributed by atoms with van der Waals surface area (Å²) in [7, 11) is -2.05. The molecular weight excluding hydrogens is 286 g/mol. The summed E-state index contributed by atoms with van der Waals surface area (Å²) in [6, 6.07) is 4.83. The second-order valence-corrected chi connectivity index (χ2v) is 7.76. The topological polar surface area (TPSA) is 84.2 Å². The number of nitrogens with two attached hydrogens (primary N) is 1. The van der Waals surface area contributed by atoms with Gasteiger partial charge >= 0.3 is 0 Å². The fraction of sp³-hybridized carbons (Fsp3) is 0.600. The van der Waals surface area contributed by atoms with E-state index in [-0.39, 0.29) is 4.90 Å². The van der Waals surface area contributed by atoms with Crippen molar-refractivity contribution in [3.05, 3.63) is 18.2 Å². The first-order valence-corrected chi connectivity index (χ1v) is 8.98. The van der Waals surface area contributed by atoms with Gasteiger partial charge in [0.05, 0.1) is 16.3 Å². The average molecular weight is 311 g/mol. The van der Waals surface area contributed by atoms with Gasteiger partial charge in [-0.25, -0.2) is 13.1 Å². The van der Waals surface area contributed by atoms with E-state index in [2.05, 4.69) is 17.0 Å². The van der Waals surface area contributed by atoms with Crippen molar-refractivity contribution in [3.63, 3.8) is 0 Å². The van der Waals surface area contributed by atoms with E-state index in [1.54, 1.807) is 12.1 Å². The molecule has 2 rings (SSSR count). The molecule has 0 amide bonds. The highest BCUT2D eigenvalue weighted by molar-refractivity contribution is 7.89. The molecule has 0 saturated heterocycles. The van der Waals surface area contributed by atoms with Gasteiger partial charge < -0.3 is 11.1 Å². The molecule has 0 aromatic heterocycles. The number of hydrogen-bond donors (Lipinski definition) is 3. The Hall–Kier alpha value is -1.27. The fourth-order valence-electron chi connectivity index (χ4n) is 3.05. The average Bonchev–Trinajstić information content (AvgIpc) is 2.95. The van der Waals surface area contributed by atoms with Gasteiger partial charge in [0.25, 0.3) is 0 Å². The zero-order chi connectivity index (χ0) is 15.5. The van der Waals surface area contributed by atoms with Gasteiger partial charge in [-0.2, -0.15) is 0 Å². The molecule has 0 aliphatic heterocycles. The largest absolute Gasteiger partial charge is 0.397 e. The summed E-state index contributed by atoms with van der Waals surface area (Å²) in [5, 5.41) is 3.40. The summed E-state index contributed by atoms with van der Waals surface area (Å²) in [4.78, 5) is 0.194. The number of nitrogens with one attached hydrogen (secondary N) is 2. The smallest absolute Gasteiger partial charge is 0.240 e. The Morgan fingerprint density at radius 3 is 2.48 bits per heavy atom. The highest BCUT2D eigenvalue weighted by Gasteiger charge is 2.31. The van der Waals surface area contributed by atoms with E-state index in [0.717, 1.165) is 18.7 Å². The molecule has 0 heterocycles. The van der Waals surface area contributed by atoms with Crippen LogP contribution in [0.1, 0.15) is 39.0 Å². The van der Waals surface area contributed by atoms with Crippen molar-refractivity contribution in [2.45, 2.75) is 43.9 Å². The molecule has 118 valence electrons. The Bertz CT molecular complexity index is 593. The lowest BCUT2D eigenvalue weighted by Crippen LogP contribution is -2.26. The predicted molar refractivity (Wildman–Crippen MR) is 86.8 cm³/mol. The molecule has 0 spiro atoms. The highest BCUT2D eigenvalue weighted by atomic mass is 32.2. The van der Waals surface area contributed by atoms with E-state index in [1.165, 1.54) is 38.8 Å². The molecule has 0 radical (unpaired) electrons. The number of rotatable bonds is 6. The molecule has 4 N–H and O–H groups in total. The third-order valence-corrected chi connectivity index (χ3v) is 6.08. The maximum absolute atomic E-state index is 11.7. The quantitative estimate of drug-likeness (QED) is 0.705. The summed E-state index contributed by atoms with van der Waals surface area (Å²) < 4.78 is 25.8. The minimum absolute atomic E-state index is 0.194. The lowest BCUT2D eigenvalue weighted by molar-refractivity contribution is 0.307. The van der Waals surface area contributed by atoms with Crippen LogP contribution in [0.3, 0.4) is 0 Å². The molecule has 5 nitrogen and oxygen atoms in total. The predicted octanol–water partition coefficient (Wildman–Crippen LogP) is 2.56. The van der Waals surface area contributed by atoms with Crippen LogP contribution in [-0.4, -0.2) is 22.0 Å². The Morgan fingerprint density at radius 2 is 1.95 bits per heavy atom. The summed E-state index contributed by atoms with van der Waals surface area (Å²) in [6.07, 6.45) is 6.26. The lowest BCUT2D eigenvalue weighted by Gasteiger charge is -2.28. The van der Waals surface area contributed by atoms with E-state index in [4.69, 9.17) is 5.73 Å². The summed E-state index contributed by atoms with van der Waals surface area (Å²) in [5.74, 6) is 0. The monoisotopic (exact) mass is 311 g/mol. The standard InChI is InChI=1S/C15H25N3O2S/c1-3-15(8-4-5-9-15)11-18-14-7-6-12(10-13(14)16)21(19,20)17-2/h6-7,10,17-18H,3-5,8-9,11,16H2,1-2H3. The molecule has 0 atom stereocenters. The zero-order valence-corrected chi connectivity index (χ0v) is 13.6. The Morgan fingerprint density at radius 1 is 1.29 bits per heavy atom. The second-order valence-electron chi connectivity index (χ2n) is 5.87. The summed E-state index contributed by atoms with van der Waals surface area (Å²) in [6.45, 7) is 3.13. The number of nitrogen functional groups attached to an aromatic ring is 1. The van der Waals surface area contributed by atoms with Crippen LogP contribution < -0.4 is 15.8 Å². The maximum Gasteiger partial charge on any atom is 0.240 e. The van der Waals surface area contributed by atoms with Crippen molar-refractivity contribution in [3.8, 4) is 0 Å². The van der Waals surface area contributed by atoms with Gasteiger partial charge in [0.15, 0.2) is 0 Å². The molecule has 1 aliphatic rings. The number of sulfonamides is 1. The molecule has 1 aromatic carbocycles. The minimum Gasteiger partial charge on any atom is -0.397 e. The summed E-state index contributed by atoms with van der Waals surface area (Å²) in [5.41, 5.74) is 7.63. The van der Waals surface area contributed by atoms with Crippen LogP contribution >= 0.6 is 0 Å². The van der Waals surface area contributed by atoms with Crippen molar-refractivity contribution >= 4 is 21.4 Å². The van der Waals surface area contributed by atoms with Gasteiger partial charge in [-0.3, -0.25) is 0 Å². The van der Waals surface area contributed by atoms with Crippen molar-refractivity contribution in [1.82, 2.24) is 4.72 Å². The third-order valence-electron chi connectivity index (χ3n) is 4.67. The number of hydrogen-bond acceptors (Lipinski definition) is 4. The summed E-state index contributed by atoms with van der Waals surface area (Å²) >= 11 is 0. The first kappa shape index (κ1) is 16.1. The highest BCUT2D eigenvalue weighted by Crippen LogP contribution is 2.41. The number of anilines is 2. The zero-order valence-electron chi connectivity index (χ0n) is 12.8. The van der Waals surface area contributed by atoms with Gasteiger partial charge in [-0.1, -0.05) is 19.8 Å². The van der Waals surface area contributed by atoms with Crippen LogP contribution in [0.5, 0.6) is 0 Å². The minimum atomic E-state index is -3.44. The van der Waals surface area contributed by atoms with Gasteiger partial charge in [-0.05, 0) is 49.9 Å². The number of benzene rings is 1. The molecule has 1 aromatic rings. The molecule has 21 heavy (non-hydrogen) atoms. The Labute approximate surface area is 127 Å². The third kappa shape index (κ3) is 3.49. The first-order valence-electron chi connectivity index (χ1n) is 7.49. The van der Waals surface area contributed by atoms with E-state index in [9.17, 15) is 8.42 Å². The van der Waals surface area contributed by atoms with Crippen molar-refractivity contribution in [2.24, 2.45) is 5.41 Å². The van der Waals surface area contributed by atoms with E-state index >= 15 is 0 Å². The van der Waals surface area contributed by atoms with E-state index in [1.807, 2.05) is 0 Å². The van der Waals surface area contributed by atoms with Gasteiger partial charge in [-0.15, -0.1) is 0 Å². The van der Waals surface area contributed by atoms with E-state index in [0.29, 0.717) is 11.1 Å². The molecule has 1 fully saturated rings. The van der Waals surface area contributed by atoms with Crippen LogP contribution in [0.2, 0.25) is 0 Å². The van der Waals surface area contributed by atoms with Crippen LogP contribution in [0.25, 0.3) is 0 Å². The van der Waals surface area contributed by atoms with Crippen LogP contribution in [0.15, 0.2) is 23.1 Å². The molecule has 0 unspecified atom stereocenters. The van der Waals surface area contributed by atoms with Crippen LogP contribution in [0.4, 0.5) is 11.4 Å². The van der Waals surface area contributed by atoms with E-state index < -0.39 is 10.0 Å².